The number of thiocarbonyl (C=S) groups is 1. The number of fused-ring (bicyclic) bond motifs is 1. The van der Waals surface area contributed by atoms with Crippen LogP contribution in [-0.4, -0.2) is 44.0 Å². The van der Waals surface area contributed by atoms with E-state index in [4.69, 9.17) is 21.7 Å². The maximum atomic E-state index is 11.5. The molecule has 2 rings (SSSR count). The van der Waals surface area contributed by atoms with E-state index in [0.717, 1.165) is 0 Å². The first kappa shape index (κ1) is 15.8. The summed E-state index contributed by atoms with van der Waals surface area (Å²) in [6.45, 7) is -0.0470. The normalized spacial score (nSPS) is 11.5. The second kappa shape index (κ2) is 7.46. The number of nitrogens with one attached hydrogen (secondary N) is 3. The van der Waals surface area contributed by atoms with Gasteiger partial charge in [-0.2, -0.15) is 0 Å². The summed E-state index contributed by atoms with van der Waals surface area (Å²) in [6.07, 6.45) is 0. The van der Waals surface area contributed by atoms with E-state index in [1.165, 1.54) is 7.11 Å². The van der Waals surface area contributed by atoms with Gasteiger partial charge in [-0.05, 0) is 24.4 Å². The molecule has 1 heterocycles. The smallest absolute Gasteiger partial charge is 0.325 e. The van der Waals surface area contributed by atoms with Crippen LogP contribution >= 0.6 is 12.2 Å². The molecule has 0 atom stereocenters. The lowest BCUT2D eigenvalue weighted by molar-refractivity contribution is -0.141. The first-order valence-electron chi connectivity index (χ1n) is 6.36. The molecule has 1 aliphatic heterocycles. The molecule has 9 heteroatoms. The highest BCUT2D eigenvalue weighted by Gasteiger charge is 2.13. The van der Waals surface area contributed by atoms with E-state index >= 15 is 0 Å². The van der Waals surface area contributed by atoms with Gasteiger partial charge in [0.1, 0.15) is 6.54 Å². The minimum atomic E-state index is -0.519. The molecule has 0 aromatic heterocycles. The van der Waals surface area contributed by atoms with Gasteiger partial charge in [-0.25, -0.2) is 0 Å². The van der Waals surface area contributed by atoms with Crippen molar-refractivity contribution in [2.75, 3.05) is 32.3 Å². The standard InChI is InChI=1S/C13H15N3O5S/c1-19-12(18)6-14-11(17)5-15-13(22)16-8-2-3-9-10(4-8)21-7-20-9/h2-4H,5-7H2,1H3,(H,14,17)(H2,15,16,22). The van der Waals surface area contributed by atoms with Gasteiger partial charge in [0.25, 0.3) is 0 Å². The summed E-state index contributed by atoms with van der Waals surface area (Å²) in [5.41, 5.74) is 0.705. The first-order valence-corrected chi connectivity index (χ1v) is 6.77. The zero-order chi connectivity index (χ0) is 15.9. The van der Waals surface area contributed by atoms with Gasteiger partial charge in [0.05, 0.1) is 13.7 Å². The van der Waals surface area contributed by atoms with E-state index in [0.29, 0.717) is 17.2 Å². The fraction of sp³-hybridized carbons (Fsp3) is 0.308. The largest absolute Gasteiger partial charge is 0.468 e. The predicted octanol–water partition coefficient (Wildman–Crippen LogP) is -0.00910. The van der Waals surface area contributed by atoms with Crippen LogP contribution in [0, 0.1) is 0 Å². The van der Waals surface area contributed by atoms with Gasteiger partial charge >= 0.3 is 5.97 Å². The molecule has 3 N–H and O–H groups in total. The van der Waals surface area contributed by atoms with Crippen LogP contribution in [0.15, 0.2) is 18.2 Å². The van der Waals surface area contributed by atoms with Crippen LogP contribution in [-0.2, 0) is 14.3 Å². The Bertz CT molecular complexity index is 593. The van der Waals surface area contributed by atoms with Crippen molar-refractivity contribution >= 4 is 34.9 Å². The zero-order valence-electron chi connectivity index (χ0n) is 11.8. The number of methoxy groups -OCH3 is 1. The van der Waals surface area contributed by atoms with Crippen LogP contribution in [0.2, 0.25) is 0 Å². The summed E-state index contributed by atoms with van der Waals surface area (Å²) in [6, 6.07) is 5.28. The molecule has 0 unspecified atom stereocenters. The van der Waals surface area contributed by atoms with Gasteiger partial charge in [-0.1, -0.05) is 0 Å². The molecule has 1 aromatic rings. The number of hydrogen-bond acceptors (Lipinski definition) is 6. The van der Waals surface area contributed by atoms with Crippen molar-refractivity contribution in [3.63, 3.8) is 0 Å². The minimum Gasteiger partial charge on any atom is -0.468 e. The number of esters is 1. The fourth-order valence-electron chi connectivity index (χ4n) is 1.62. The van der Waals surface area contributed by atoms with E-state index in [2.05, 4.69) is 20.7 Å². The molecule has 0 radical (unpaired) electrons. The Kier molecular flexibility index (Phi) is 5.37. The van der Waals surface area contributed by atoms with Crippen molar-refractivity contribution in [3.8, 4) is 11.5 Å². The van der Waals surface area contributed by atoms with Gasteiger partial charge < -0.3 is 30.2 Å². The molecule has 8 nitrogen and oxygen atoms in total. The third-order valence-electron chi connectivity index (χ3n) is 2.70. The van der Waals surface area contributed by atoms with E-state index < -0.39 is 5.97 Å². The number of hydrogen-bond donors (Lipinski definition) is 3. The number of ether oxygens (including phenoxy) is 3. The summed E-state index contributed by atoms with van der Waals surface area (Å²) in [7, 11) is 1.25. The van der Waals surface area contributed by atoms with Crippen LogP contribution < -0.4 is 25.4 Å². The highest BCUT2D eigenvalue weighted by molar-refractivity contribution is 7.80. The highest BCUT2D eigenvalue weighted by atomic mass is 32.1. The lowest BCUT2D eigenvalue weighted by atomic mass is 10.3. The summed E-state index contributed by atoms with van der Waals surface area (Å²) in [4.78, 5) is 22.3. The molecule has 0 bridgehead atoms. The van der Waals surface area contributed by atoms with Crippen molar-refractivity contribution in [1.29, 1.82) is 0 Å². The molecule has 0 saturated carbocycles. The molecular formula is C13H15N3O5S. The van der Waals surface area contributed by atoms with Crippen LogP contribution in [0.5, 0.6) is 11.5 Å². The quantitative estimate of drug-likeness (QED) is 0.514. The first-order chi connectivity index (χ1) is 10.6. The minimum absolute atomic E-state index is 0.0621. The number of anilines is 1. The summed E-state index contributed by atoms with van der Waals surface area (Å²) >= 11 is 5.08. The molecule has 1 aliphatic rings. The predicted molar refractivity (Wildman–Crippen MR) is 81.8 cm³/mol. The Morgan fingerprint density at radius 2 is 2.00 bits per heavy atom. The Labute approximate surface area is 132 Å². The lowest BCUT2D eigenvalue weighted by Crippen LogP contribution is -2.40. The number of benzene rings is 1. The summed E-state index contributed by atoms with van der Waals surface area (Å²) < 4.78 is 14.9. The molecule has 1 amide bonds. The second-order valence-corrected chi connectivity index (χ2v) is 4.64. The van der Waals surface area contributed by atoms with Crippen LogP contribution in [0.4, 0.5) is 5.69 Å². The average Bonchev–Trinajstić information content (AvgIpc) is 2.98. The number of amides is 1. The van der Waals surface area contributed by atoms with Crippen LogP contribution in [0.1, 0.15) is 0 Å². The molecule has 0 fully saturated rings. The highest BCUT2D eigenvalue weighted by Crippen LogP contribution is 2.34. The third-order valence-corrected chi connectivity index (χ3v) is 2.94. The van der Waals surface area contributed by atoms with Gasteiger partial charge in [-0.15, -0.1) is 0 Å². The van der Waals surface area contributed by atoms with E-state index in [1.807, 2.05) is 0 Å². The Morgan fingerprint density at radius 1 is 1.23 bits per heavy atom. The molecule has 0 saturated heterocycles. The maximum Gasteiger partial charge on any atom is 0.325 e. The Balaban J connectivity index is 1.74. The Hall–Kier alpha value is -2.55. The van der Waals surface area contributed by atoms with Gasteiger partial charge in [0.15, 0.2) is 16.6 Å². The molecule has 118 valence electrons. The Morgan fingerprint density at radius 3 is 2.77 bits per heavy atom. The van der Waals surface area contributed by atoms with Crippen LogP contribution in [0.3, 0.4) is 0 Å². The van der Waals surface area contributed by atoms with E-state index in [1.54, 1.807) is 18.2 Å². The van der Waals surface area contributed by atoms with Crippen molar-refractivity contribution in [1.82, 2.24) is 10.6 Å². The molecular weight excluding hydrogens is 310 g/mol. The average molecular weight is 325 g/mol. The van der Waals surface area contributed by atoms with E-state index in [-0.39, 0.29) is 30.9 Å². The monoisotopic (exact) mass is 325 g/mol. The van der Waals surface area contributed by atoms with Crippen LogP contribution in [0.25, 0.3) is 0 Å². The maximum absolute atomic E-state index is 11.5. The number of carbonyl (C=O) groups is 2. The topological polar surface area (TPSA) is 97.9 Å². The second-order valence-electron chi connectivity index (χ2n) is 4.23. The zero-order valence-corrected chi connectivity index (χ0v) is 12.6. The molecule has 22 heavy (non-hydrogen) atoms. The van der Waals surface area contributed by atoms with Crippen molar-refractivity contribution < 1.29 is 23.8 Å². The van der Waals surface area contributed by atoms with Crippen molar-refractivity contribution in [2.24, 2.45) is 0 Å². The molecule has 0 aliphatic carbocycles. The van der Waals surface area contributed by atoms with Gasteiger partial charge in [-0.3, -0.25) is 9.59 Å². The molecule has 1 aromatic carbocycles. The number of carbonyl (C=O) groups excluding carboxylic acids is 2. The molecule has 0 spiro atoms. The lowest BCUT2D eigenvalue weighted by Gasteiger charge is -2.11. The fourth-order valence-corrected chi connectivity index (χ4v) is 1.81. The van der Waals surface area contributed by atoms with Gasteiger partial charge in [0, 0.05) is 11.8 Å². The SMILES string of the molecule is COC(=O)CNC(=O)CNC(=S)Nc1ccc2c(c1)OCO2. The summed E-state index contributed by atoms with van der Waals surface area (Å²) in [5, 5.41) is 8.30. The van der Waals surface area contributed by atoms with E-state index in [9.17, 15) is 9.59 Å². The number of rotatable bonds is 5. The summed E-state index contributed by atoms with van der Waals surface area (Å²) in [5.74, 6) is 0.407. The van der Waals surface area contributed by atoms with Crippen molar-refractivity contribution in [3.05, 3.63) is 18.2 Å². The van der Waals surface area contributed by atoms with Crippen molar-refractivity contribution in [2.45, 2.75) is 0 Å². The third kappa shape index (κ3) is 4.48. The van der Waals surface area contributed by atoms with Gasteiger partial charge in [0.2, 0.25) is 12.7 Å².